The molecule has 0 spiro atoms. The Morgan fingerprint density at radius 3 is 2.66 bits per heavy atom. The van der Waals surface area contributed by atoms with E-state index in [-0.39, 0.29) is 18.4 Å². The second-order valence-corrected chi connectivity index (χ2v) is 7.49. The van der Waals surface area contributed by atoms with Crippen molar-refractivity contribution in [2.75, 3.05) is 13.2 Å². The van der Waals surface area contributed by atoms with Gasteiger partial charge in [0, 0.05) is 0 Å². The van der Waals surface area contributed by atoms with Crippen LogP contribution in [0.4, 0.5) is 0 Å². The van der Waals surface area contributed by atoms with Crippen molar-refractivity contribution in [3.8, 4) is 22.3 Å². The predicted octanol–water partition coefficient (Wildman–Crippen LogP) is 4.93. The van der Waals surface area contributed by atoms with E-state index in [2.05, 4.69) is 10.3 Å². The second-order valence-electron chi connectivity index (χ2n) is 6.54. The molecule has 1 amide bonds. The predicted molar refractivity (Wildman–Crippen MR) is 114 cm³/mol. The van der Waals surface area contributed by atoms with Crippen molar-refractivity contribution in [3.05, 3.63) is 52.7 Å². The fourth-order valence-electron chi connectivity index (χ4n) is 2.96. The van der Waals surface area contributed by atoms with Gasteiger partial charge in [-0.05, 0) is 56.8 Å². The first-order valence-electron chi connectivity index (χ1n) is 9.70. The number of benzene rings is 1. The Balaban J connectivity index is 1.67. The summed E-state index contributed by atoms with van der Waals surface area (Å²) in [6.45, 7) is 8.74. The molecule has 7 heteroatoms. The van der Waals surface area contributed by atoms with Crippen LogP contribution in [-0.4, -0.2) is 24.1 Å². The van der Waals surface area contributed by atoms with E-state index < -0.39 is 0 Å². The Kier molecular flexibility index (Phi) is 6.93. The summed E-state index contributed by atoms with van der Waals surface area (Å²) < 4.78 is 17.0. The number of amides is 1. The van der Waals surface area contributed by atoms with E-state index in [0.29, 0.717) is 42.1 Å². The van der Waals surface area contributed by atoms with Crippen molar-refractivity contribution in [3.63, 3.8) is 0 Å². The lowest BCUT2D eigenvalue weighted by atomic mass is 10.1. The van der Waals surface area contributed by atoms with Gasteiger partial charge in [0.05, 0.1) is 36.2 Å². The number of hydrogen-bond donors (Lipinski definition) is 1. The zero-order valence-corrected chi connectivity index (χ0v) is 18.0. The SMILES string of the molecule is CCOc1ccc([C@H](C)NC(=O)Cc2nc(-c3cccs3)oc2C)cc1OCC. The van der Waals surface area contributed by atoms with Gasteiger partial charge in [0.25, 0.3) is 0 Å². The summed E-state index contributed by atoms with van der Waals surface area (Å²) in [6.07, 6.45) is 0.167. The van der Waals surface area contributed by atoms with Crippen molar-refractivity contribution in [1.29, 1.82) is 0 Å². The number of oxazole rings is 1. The molecule has 29 heavy (non-hydrogen) atoms. The number of rotatable bonds is 9. The van der Waals surface area contributed by atoms with Gasteiger partial charge in [0.2, 0.25) is 11.8 Å². The lowest BCUT2D eigenvalue weighted by Gasteiger charge is -2.17. The van der Waals surface area contributed by atoms with Crippen LogP contribution in [0.3, 0.4) is 0 Å². The quantitative estimate of drug-likeness (QED) is 0.537. The summed E-state index contributed by atoms with van der Waals surface area (Å²) in [6, 6.07) is 9.44. The minimum atomic E-state index is -0.179. The zero-order chi connectivity index (χ0) is 20.8. The van der Waals surface area contributed by atoms with Crippen LogP contribution in [-0.2, 0) is 11.2 Å². The molecule has 0 saturated carbocycles. The van der Waals surface area contributed by atoms with Crippen LogP contribution in [0.15, 0.2) is 40.1 Å². The maximum Gasteiger partial charge on any atom is 0.236 e. The molecule has 1 N–H and O–H groups in total. The fraction of sp³-hybridized carbons (Fsp3) is 0.364. The molecule has 0 aliphatic rings. The molecular formula is C22H26N2O4S. The third-order valence-corrected chi connectivity index (χ3v) is 5.26. The van der Waals surface area contributed by atoms with Gasteiger partial charge in [0.1, 0.15) is 5.76 Å². The molecule has 1 atom stereocenters. The Morgan fingerprint density at radius 2 is 1.97 bits per heavy atom. The second kappa shape index (κ2) is 9.60. The normalized spacial score (nSPS) is 11.9. The summed E-state index contributed by atoms with van der Waals surface area (Å²) in [5.74, 6) is 2.49. The van der Waals surface area contributed by atoms with Gasteiger partial charge in [-0.2, -0.15) is 0 Å². The van der Waals surface area contributed by atoms with Crippen LogP contribution in [0.25, 0.3) is 10.8 Å². The largest absolute Gasteiger partial charge is 0.490 e. The van der Waals surface area contributed by atoms with Crippen molar-refractivity contribution in [2.45, 2.75) is 40.2 Å². The number of ether oxygens (including phenoxy) is 2. The third-order valence-electron chi connectivity index (χ3n) is 4.40. The molecule has 3 rings (SSSR count). The number of thiophene rings is 1. The highest BCUT2D eigenvalue weighted by molar-refractivity contribution is 7.13. The van der Waals surface area contributed by atoms with E-state index in [0.717, 1.165) is 10.4 Å². The summed E-state index contributed by atoms with van der Waals surface area (Å²) in [7, 11) is 0. The molecule has 6 nitrogen and oxygen atoms in total. The van der Waals surface area contributed by atoms with Gasteiger partial charge >= 0.3 is 0 Å². The molecule has 2 aromatic heterocycles. The lowest BCUT2D eigenvalue weighted by molar-refractivity contribution is -0.121. The fourth-order valence-corrected chi connectivity index (χ4v) is 3.61. The monoisotopic (exact) mass is 414 g/mol. The van der Waals surface area contributed by atoms with Crippen LogP contribution in [0.5, 0.6) is 11.5 Å². The molecule has 0 saturated heterocycles. The highest BCUT2D eigenvalue weighted by atomic mass is 32.1. The minimum absolute atomic E-state index is 0.113. The molecule has 3 aromatic rings. The number of carbonyl (C=O) groups excluding carboxylic acids is 1. The van der Waals surface area contributed by atoms with Gasteiger partial charge in [-0.3, -0.25) is 4.79 Å². The average Bonchev–Trinajstić information content (AvgIpc) is 3.34. The van der Waals surface area contributed by atoms with E-state index >= 15 is 0 Å². The number of carbonyl (C=O) groups is 1. The highest BCUT2D eigenvalue weighted by Gasteiger charge is 2.18. The minimum Gasteiger partial charge on any atom is -0.490 e. The molecule has 154 valence electrons. The van der Waals surface area contributed by atoms with Crippen LogP contribution >= 0.6 is 11.3 Å². The molecule has 0 bridgehead atoms. The van der Waals surface area contributed by atoms with Crippen molar-refractivity contribution in [1.82, 2.24) is 10.3 Å². The van der Waals surface area contributed by atoms with Crippen molar-refractivity contribution in [2.24, 2.45) is 0 Å². The Bertz CT molecular complexity index is 950. The van der Waals surface area contributed by atoms with Gasteiger partial charge in [-0.1, -0.05) is 12.1 Å². The van der Waals surface area contributed by atoms with Crippen LogP contribution in [0.2, 0.25) is 0 Å². The Morgan fingerprint density at radius 1 is 1.21 bits per heavy atom. The molecule has 0 unspecified atom stereocenters. The average molecular weight is 415 g/mol. The molecule has 1 aromatic carbocycles. The van der Waals surface area contributed by atoms with Crippen LogP contribution in [0, 0.1) is 6.92 Å². The lowest BCUT2D eigenvalue weighted by Crippen LogP contribution is -2.28. The maximum atomic E-state index is 12.6. The number of aryl methyl sites for hydroxylation is 1. The zero-order valence-electron chi connectivity index (χ0n) is 17.2. The maximum absolute atomic E-state index is 12.6. The number of nitrogens with one attached hydrogen (secondary N) is 1. The number of hydrogen-bond acceptors (Lipinski definition) is 6. The van der Waals surface area contributed by atoms with E-state index in [1.54, 1.807) is 11.3 Å². The molecule has 0 aliphatic carbocycles. The van der Waals surface area contributed by atoms with Crippen molar-refractivity contribution < 1.29 is 18.7 Å². The van der Waals surface area contributed by atoms with Crippen LogP contribution in [0.1, 0.15) is 43.8 Å². The summed E-state index contributed by atoms with van der Waals surface area (Å²) >= 11 is 1.56. The summed E-state index contributed by atoms with van der Waals surface area (Å²) in [5, 5.41) is 4.99. The first-order valence-corrected chi connectivity index (χ1v) is 10.6. The molecule has 2 heterocycles. The van der Waals surface area contributed by atoms with Crippen LogP contribution < -0.4 is 14.8 Å². The van der Waals surface area contributed by atoms with E-state index in [1.165, 1.54) is 0 Å². The smallest absolute Gasteiger partial charge is 0.236 e. The highest BCUT2D eigenvalue weighted by Crippen LogP contribution is 2.31. The topological polar surface area (TPSA) is 73.6 Å². The molecular weight excluding hydrogens is 388 g/mol. The number of nitrogens with zero attached hydrogens (tertiary/aromatic N) is 1. The Labute approximate surface area is 174 Å². The standard InChI is InChI=1S/C22H26N2O4S/c1-5-26-18-10-9-16(12-19(18)27-6-2)14(3)23-21(25)13-17-15(4)28-22(24-17)20-8-7-11-29-20/h7-12,14H,5-6,13H2,1-4H3,(H,23,25)/t14-/m0/s1. The molecule has 0 radical (unpaired) electrons. The van der Waals surface area contributed by atoms with Gasteiger partial charge in [0.15, 0.2) is 11.5 Å². The molecule has 0 fully saturated rings. The third kappa shape index (κ3) is 5.17. The number of aromatic nitrogens is 1. The van der Waals surface area contributed by atoms with E-state index in [9.17, 15) is 4.79 Å². The van der Waals surface area contributed by atoms with Crippen molar-refractivity contribution >= 4 is 17.2 Å². The van der Waals surface area contributed by atoms with Gasteiger partial charge in [-0.15, -0.1) is 11.3 Å². The Hall–Kier alpha value is -2.80. The van der Waals surface area contributed by atoms with E-state index in [1.807, 2.05) is 63.4 Å². The van der Waals surface area contributed by atoms with E-state index in [4.69, 9.17) is 13.9 Å². The summed E-state index contributed by atoms with van der Waals surface area (Å²) in [5.41, 5.74) is 1.60. The first kappa shape index (κ1) is 20.9. The van der Waals surface area contributed by atoms with Gasteiger partial charge in [-0.25, -0.2) is 4.98 Å². The molecule has 0 aliphatic heterocycles. The van der Waals surface area contributed by atoms with Gasteiger partial charge < -0.3 is 19.2 Å². The summed E-state index contributed by atoms with van der Waals surface area (Å²) in [4.78, 5) is 18.0. The first-order chi connectivity index (χ1) is 14.0.